The Balaban J connectivity index is 1.22. The number of para-hydroxylation sites is 1. The van der Waals surface area contributed by atoms with Gasteiger partial charge in [-0.05, 0) is 58.7 Å². The maximum absolute atomic E-state index is 15.6. The van der Waals surface area contributed by atoms with Gasteiger partial charge in [-0.2, -0.15) is 0 Å². The van der Waals surface area contributed by atoms with Crippen molar-refractivity contribution in [3.8, 4) is 27.9 Å². The highest BCUT2D eigenvalue weighted by Gasteiger charge is 2.42. The molecular formula is C42H26NOPS. The average Bonchev–Trinajstić information content (AvgIpc) is 3.75. The second kappa shape index (κ2) is 9.64. The number of aromatic nitrogens is 1. The summed E-state index contributed by atoms with van der Waals surface area (Å²) in [7, 11) is -3.13. The zero-order chi connectivity index (χ0) is 30.4. The molecule has 0 radical (unpaired) electrons. The molecule has 0 N–H and O–H groups in total. The van der Waals surface area contributed by atoms with Crippen LogP contribution in [0.4, 0.5) is 0 Å². The first-order chi connectivity index (χ1) is 22.7. The summed E-state index contributed by atoms with van der Waals surface area (Å²) in [6.07, 6.45) is 0. The predicted octanol–water partition coefficient (Wildman–Crippen LogP) is 10.4. The molecule has 0 aliphatic carbocycles. The first kappa shape index (κ1) is 26.1. The summed E-state index contributed by atoms with van der Waals surface area (Å²) < 4.78 is 20.6. The Bertz CT molecular complexity index is 2720. The van der Waals surface area contributed by atoms with Gasteiger partial charge in [-0.15, -0.1) is 11.3 Å². The minimum absolute atomic E-state index is 0.880. The predicted molar refractivity (Wildman–Crippen MR) is 197 cm³/mol. The number of nitrogens with zero attached hydrogens (tertiary/aromatic N) is 1. The van der Waals surface area contributed by atoms with Crippen molar-refractivity contribution in [2.24, 2.45) is 0 Å². The summed E-state index contributed by atoms with van der Waals surface area (Å²) in [5.74, 6) is 0. The molecule has 1 unspecified atom stereocenters. The van der Waals surface area contributed by atoms with Crippen molar-refractivity contribution < 1.29 is 4.57 Å². The molecule has 0 amide bonds. The van der Waals surface area contributed by atoms with Crippen LogP contribution in [0.3, 0.4) is 0 Å². The van der Waals surface area contributed by atoms with Gasteiger partial charge in [0.25, 0.3) is 0 Å². The normalized spacial score (nSPS) is 15.6. The molecule has 3 heterocycles. The quantitative estimate of drug-likeness (QED) is 0.180. The molecule has 1 aliphatic heterocycles. The molecule has 46 heavy (non-hydrogen) atoms. The van der Waals surface area contributed by atoms with Crippen molar-refractivity contribution in [3.05, 3.63) is 158 Å². The van der Waals surface area contributed by atoms with E-state index in [1.165, 1.54) is 31.3 Å². The highest BCUT2D eigenvalue weighted by molar-refractivity contribution is 7.86. The maximum atomic E-state index is 15.6. The number of hydrogen-bond acceptors (Lipinski definition) is 2. The fraction of sp³-hybridized carbons (Fsp3) is 0. The Morgan fingerprint density at radius 3 is 2.04 bits per heavy atom. The third-order valence-electron chi connectivity index (χ3n) is 9.62. The lowest BCUT2D eigenvalue weighted by molar-refractivity contribution is 0.593. The van der Waals surface area contributed by atoms with Crippen molar-refractivity contribution in [2.45, 2.75) is 0 Å². The van der Waals surface area contributed by atoms with Crippen LogP contribution in [-0.2, 0) is 4.57 Å². The standard InChI is InChI=1S/C42H26NOPS/c44-45(29-11-2-1-3-12-29)37-18-8-5-13-31(37)32-25-26-36-41(42(32)45)33-14-4-7-17-35(33)43(36)28-23-21-27(22-24-28)30-16-10-20-39-40(30)34-15-6-9-19-38(34)46-39/h1-26H. The van der Waals surface area contributed by atoms with Gasteiger partial charge in [0, 0.05) is 52.5 Å². The summed E-state index contributed by atoms with van der Waals surface area (Å²) in [5.41, 5.74) is 7.87. The van der Waals surface area contributed by atoms with E-state index in [1.54, 1.807) is 0 Å². The lowest BCUT2D eigenvalue weighted by Crippen LogP contribution is -2.21. The van der Waals surface area contributed by atoms with Crippen molar-refractivity contribution >= 4 is 76.4 Å². The van der Waals surface area contributed by atoms with Gasteiger partial charge >= 0.3 is 0 Å². The minimum atomic E-state index is -3.13. The lowest BCUT2D eigenvalue weighted by Gasteiger charge is -2.17. The van der Waals surface area contributed by atoms with Gasteiger partial charge in [0.15, 0.2) is 7.14 Å². The zero-order valence-corrected chi connectivity index (χ0v) is 26.4. The van der Waals surface area contributed by atoms with Crippen LogP contribution in [0.1, 0.15) is 0 Å². The van der Waals surface area contributed by atoms with Crippen LogP contribution < -0.4 is 15.9 Å². The summed E-state index contributed by atoms with van der Waals surface area (Å²) in [5, 5.41) is 7.60. The Morgan fingerprint density at radius 1 is 0.478 bits per heavy atom. The number of rotatable bonds is 3. The summed E-state index contributed by atoms with van der Waals surface area (Å²) in [6.45, 7) is 0. The molecular weight excluding hydrogens is 598 g/mol. The minimum Gasteiger partial charge on any atom is -0.309 e. The number of benzene rings is 7. The van der Waals surface area contributed by atoms with E-state index in [9.17, 15) is 0 Å². The molecule has 4 heteroatoms. The second-order valence-corrected chi connectivity index (χ2v) is 15.7. The van der Waals surface area contributed by atoms with Crippen LogP contribution in [0.25, 0.3) is 69.9 Å². The van der Waals surface area contributed by atoms with E-state index < -0.39 is 7.14 Å². The fourth-order valence-electron chi connectivity index (χ4n) is 7.67. The van der Waals surface area contributed by atoms with Crippen LogP contribution in [-0.4, -0.2) is 4.57 Å². The van der Waals surface area contributed by atoms with Crippen molar-refractivity contribution in [1.29, 1.82) is 0 Å². The molecule has 7 aromatic carbocycles. The van der Waals surface area contributed by atoms with Gasteiger partial charge in [0.2, 0.25) is 0 Å². The highest BCUT2D eigenvalue weighted by Crippen LogP contribution is 2.55. The van der Waals surface area contributed by atoms with Crippen LogP contribution in [0.15, 0.2) is 158 Å². The number of fused-ring (bicyclic) bond motifs is 10. The van der Waals surface area contributed by atoms with Gasteiger partial charge in [0.05, 0.1) is 11.0 Å². The summed E-state index contributed by atoms with van der Waals surface area (Å²) in [4.78, 5) is 0. The fourth-order valence-corrected chi connectivity index (χ4v) is 12.1. The Hall–Kier alpha value is -5.21. The van der Waals surface area contributed by atoms with E-state index in [0.29, 0.717) is 0 Å². The Kier molecular flexibility index (Phi) is 5.46. The molecule has 0 saturated carbocycles. The van der Waals surface area contributed by atoms with Gasteiger partial charge in [0.1, 0.15) is 0 Å². The van der Waals surface area contributed by atoms with Gasteiger partial charge in [-0.25, -0.2) is 0 Å². The van der Waals surface area contributed by atoms with Gasteiger partial charge < -0.3 is 9.13 Å². The molecule has 2 nitrogen and oxygen atoms in total. The van der Waals surface area contributed by atoms with Crippen LogP contribution in [0, 0.1) is 0 Å². The van der Waals surface area contributed by atoms with Gasteiger partial charge in [-0.1, -0.05) is 121 Å². The lowest BCUT2D eigenvalue weighted by atomic mass is 9.99. The van der Waals surface area contributed by atoms with E-state index in [0.717, 1.165) is 54.5 Å². The largest absolute Gasteiger partial charge is 0.309 e. The summed E-state index contributed by atoms with van der Waals surface area (Å²) in [6, 6.07) is 55.5. The van der Waals surface area contributed by atoms with E-state index in [2.05, 4.69) is 126 Å². The van der Waals surface area contributed by atoms with Crippen molar-refractivity contribution in [1.82, 2.24) is 4.57 Å². The Labute approximate surface area is 270 Å². The second-order valence-electron chi connectivity index (χ2n) is 12.0. The van der Waals surface area contributed by atoms with E-state index in [4.69, 9.17) is 0 Å². The molecule has 0 bridgehead atoms. The van der Waals surface area contributed by atoms with Crippen LogP contribution in [0.5, 0.6) is 0 Å². The molecule has 9 aromatic rings. The van der Waals surface area contributed by atoms with Crippen molar-refractivity contribution in [2.75, 3.05) is 0 Å². The Morgan fingerprint density at radius 2 is 1.17 bits per heavy atom. The number of hydrogen-bond donors (Lipinski definition) is 0. The summed E-state index contributed by atoms with van der Waals surface area (Å²) >= 11 is 1.85. The van der Waals surface area contributed by atoms with Gasteiger partial charge in [-0.3, -0.25) is 0 Å². The molecule has 216 valence electrons. The first-order valence-electron chi connectivity index (χ1n) is 15.6. The maximum Gasteiger partial charge on any atom is 0.172 e. The third kappa shape index (κ3) is 3.45. The molecule has 10 rings (SSSR count). The number of thiophene rings is 1. The van der Waals surface area contributed by atoms with Crippen LogP contribution in [0.2, 0.25) is 0 Å². The monoisotopic (exact) mass is 623 g/mol. The van der Waals surface area contributed by atoms with E-state index in [1.807, 2.05) is 47.7 Å². The highest BCUT2D eigenvalue weighted by atomic mass is 32.1. The zero-order valence-electron chi connectivity index (χ0n) is 24.7. The van der Waals surface area contributed by atoms with E-state index >= 15 is 4.57 Å². The van der Waals surface area contributed by atoms with E-state index in [-0.39, 0.29) is 0 Å². The molecule has 2 aromatic heterocycles. The molecule has 0 saturated heterocycles. The molecule has 0 spiro atoms. The molecule has 1 atom stereocenters. The first-order valence-corrected chi connectivity index (χ1v) is 18.1. The SMILES string of the molecule is O=P1(c2ccccc2)c2ccccc2-c2ccc3c(c21)c1ccccc1n3-c1ccc(-c2cccc3sc4ccccc4c23)cc1. The topological polar surface area (TPSA) is 22.0 Å². The average molecular weight is 624 g/mol. The molecule has 1 aliphatic rings. The smallest absolute Gasteiger partial charge is 0.172 e. The third-order valence-corrected chi connectivity index (χ3v) is 13.9. The van der Waals surface area contributed by atoms with Crippen LogP contribution >= 0.6 is 18.5 Å². The van der Waals surface area contributed by atoms with Crippen molar-refractivity contribution in [3.63, 3.8) is 0 Å². The molecule has 0 fully saturated rings.